The van der Waals surface area contributed by atoms with E-state index in [-0.39, 0.29) is 12.5 Å². The van der Waals surface area contributed by atoms with Gasteiger partial charge in [0.05, 0.1) is 12.8 Å². The van der Waals surface area contributed by atoms with E-state index in [2.05, 4.69) is 5.32 Å². The van der Waals surface area contributed by atoms with Crippen molar-refractivity contribution in [2.75, 3.05) is 19.0 Å². The zero-order valence-corrected chi connectivity index (χ0v) is 16.0. The molecular weight excluding hydrogens is 354 g/mol. The summed E-state index contributed by atoms with van der Waals surface area (Å²) in [6.07, 6.45) is 0. The number of nitrogens with one attached hydrogen (secondary N) is 1. The number of amides is 1. The normalized spacial score (nSPS) is 11.0. The number of hydrogen-bond donors (Lipinski definition) is 1. The van der Waals surface area contributed by atoms with Gasteiger partial charge in [-0.25, -0.2) is 0 Å². The molecule has 1 amide bonds. The van der Waals surface area contributed by atoms with E-state index < -0.39 is 0 Å². The van der Waals surface area contributed by atoms with Gasteiger partial charge in [-0.15, -0.1) is 0 Å². The molecule has 0 saturated carbocycles. The van der Waals surface area contributed by atoms with E-state index in [1.54, 1.807) is 13.2 Å². The van der Waals surface area contributed by atoms with Crippen LogP contribution in [-0.2, 0) is 4.79 Å². The Morgan fingerprint density at radius 1 is 0.964 bits per heavy atom. The summed E-state index contributed by atoms with van der Waals surface area (Å²) < 4.78 is 17.1. The van der Waals surface area contributed by atoms with Crippen molar-refractivity contribution in [1.29, 1.82) is 0 Å². The van der Waals surface area contributed by atoms with E-state index in [4.69, 9.17) is 13.9 Å². The smallest absolute Gasteiger partial charge is 0.262 e. The van der Waals surface area contributed by atoms with Crippen LogP contribution in [0, 0.1) is 13.8 Å². The van der Waals surface area contributed by atoms with Gasteiger partial charge >= 0.3 is 0 Å². The van der Waals surface area contributed by atoms with Gasteiger partial charge < -0.3 is 19.2 Å². The molecule has 0 aliphatic rings. The fourth-order valence-electron chi connectivity index (χ4n) is 3.21. The van der Waals surface area contributed by atoms with Crippen molar-refractivity contribution < 1.29 is 18.7 Å². The van der Waals surface area contributed by atoms with Crippen molar-refractivity contribution in [3.8, 4) is 11.5 Å². The van der Waals surface area contributed by atoms with Gasteiger partial charge in [0.15, 0.2) is 6.61 Å². The number of ether oxygens (including phenoxy) is 2. The van der Waals surface area contributed by atoms with E-state index in [0.29, 0.717) is 22.8 Å². The minimum Gasteiger partial charge on any atom is -0.495 e. The van der Waals surface area contributed by atoms with Crippen LogP contribution >= 0.6 is 0 Å². The largest absolute Gasteiger partial charge is 0.495 e. The van der Waals surface area contributed by atoms with Crippen molar-refractivity contribution >= 4 is 33.5 Å². The maximum Gasteiger partial charge on any atom is 0.262 e. The molecule has 0 unspecified atom stereocenters. The molecule has 1 heterocycles. The Hall–Kier alpha value is -3.47. The van der Waals surface area contributed by atoms with Gasteiger partial charge in [0.2, 0.25) is 0 Å². The van der Waals surface area contributed by atoms with Crippen LogP contribution in [0.15, 0.2) is 59.0 Å². The van der Waals surface area contributed by atoms with E-state index >= 15 is 0 Å². The fourth-order valence-corrected chi connectivity index (χ4v) is 3.21. The zero-order chi connectivity index (χ0) is 19.7. The Morgan fingerprint density at radius 2 is 1.79 bits per heavy atom. The molecule has 5 nitrogen and oxygen atoms in total. The third-order valence-electron chi connectivity index (χ3n) is 4.68. The van der Waals surface area contributed by atoms with Crippen molar-refractivity contribution in [1.82, 2.24) is 0 Å². The van der Waals surface area contributed by atoms with Gasteiger partial charge in [-0.1, -0.05) is 30.3 Å². The first-order chi connectivity index (χ1) is 13.5. The first kappa shape index (κ1) is 17.9. The molecule has 142 valence electrons. The molecule has 0 saturated heterocycles. The van der Waals surface area contributed by atoms with Crippen LogP contribution in [0.25, 0.3) is 21.9 Å². The lowest BCUT2D eigenvalue weighted by Gasteiger charge is -2.12. The molecule has 5 heteroatoms. The average Bonchev–Trinajstić information content (AvgIpc) is 3.05. The number of rotatable bonds is 5. The highest BCUT2D eigenvalue weighted by Crippen LogP contribution is 2.36. The first-order valence-electron chi connectivity index (χ1n) is 9.04. The molecule has 4 aromatic rings. The monoisotopic (exact) mass is 375 g/mol. The molecule has 1 aromatic heterocycles. The van der Waals surface area contributed by atoms with Crippen molar-refractivity contribution in [3.63, 3.8) is 0 Å². The Kier molecular flexibility index (Phi) is 4.65. The van der Waals surface area contributed by atoms with Crippen molar-refractivity contribution in [3.05, 3.63) is 65.7 Å². The number of para-hydroxylation sites is 1. The lowest BCUT2D eigenvalue weighted by Crippen LogP contribution is -2.20. The third-order valence-corrected chi connectivity index (χ3v) is 4.68. The van der Waals surface area contributed by atoms with Crippen LogP contribution in [-0.4, -0.2) is 19.6 Å². The predicted octanol–water partition coefficient (Wildman–Crippen LogP) is 5.23. The highest BCUT2D eigenvalue weighted by molar-refractivity contribution is 6.07. The number of anilines is 1. The summed E-state index contributed by atoms with van der Waals surface area (Å²) in [4.78, 5) is 12.4. The third kappa shape index (κ3) is 3.39. The van der Waals surface area contributed by atoms with Crippen LogP contribution in [0.4, 0.5) is 5.69 Å². The van der Waals surface area contributed by atoms with Gasteiger partial charge in [0, 0.05) is 16.8 Å². The summed E-state index contributed by atoms with van der Waals surface area (Å²) in [5.74, 6) is 1.00. The number of carbonyl (C=O) groups is 1. The highest BCUT2D eigenvalue weighted by Gasteiger charge is 2.14. The van der Waals surface area contributed by atoms with Gasteiger partial charge in [-0.2, -0.15) is 0 Å². The lowest BCUT2D eigenvalue weighted by atomic mass is 10.1. The number of fused-ring (bicyclic) bond motifs is 3. The Morgan fingerprint density at radius 3 is 2.61 bits per heavy atom. The molecule has 0 atom stereocenters. The Labute approximate surface area is 162 Å². The molecule has 4 rings (SSSR count). The van der Waals surface area contributed by atoms with Crippen LogP contribution in [0.2, 0.25) is 0 Å². The van der Waals surface area contributed by atoms with Gasteiger partial charge in [-0.05, 0) is 43.2 Å². The summed E-state index contributed by atoms with van der Waals surface area (Å²) >= 11 is 0. The predicted molar refractivity (Wildman–Crippen MR) is 110 cm³/mol. The van der Waals surface area contributed by atoms with E-state index in [1.165, 1.54) is 0 Å². The second-order valence-electron chi connectivity index (χ2n) is 6.75. The van der Waals surface area contributed by atoms with Gasteiger partial charge in [0.25, 0.3) is 5.91 Å². The molecule has 28 heavy (non-hydrogen) atoms. The average molecular weight is 375 g/mol. The molecule has 0 spiro atoms. The number of aryl methyl sites for hydroxylation is 2. The SMILES string of the molecule is COc1cc2c(cc1NC(=O)COc1cc(C)ccc1C)oc1ccccc12. The maximum absolute atomic E-state index is 12.4. The summed E-state index contributed by atoms with van der Waals surface area (Å²) in [5, 5.41) is 4.80. The molecule has 0 aliphatic carbocycles. The number of carbonyl (C=O) groups excluding carboxylic acids is 1. The highest BCUT2D eigenvalue weighted by atomic mass is 16.5. The van der Waals surface area contributed by atoms with E-state index in [1.807, 2.05) is 62.4 Å². The molecule has 3 aromatic carbocycles. The topological polar surface area (TPSA) is 60.7 Å². The minimum atomic E-state index is -0.269. The van der Waals surface area contributed by atoms with E-state index in [9.17, 15) is 4.79 Å². The molecule has 1 N–H and O–H groups in total. The first-order valence-corrected chi connectivity index (χ1v) is 9.04. The van der Waals surface area contributed by atoms with Crippen LogP contribution in [0.5, 0.6) is 11.5 Å². The lowest BCUT2D eigenvalue weighted by molar-refractivity contribution is -0.118. The van der Waals surface area contributed by atoms with E-state index in [0.717, 1.165) is 27.5 Å². The van der Waals surface area contributed by atoms with Gasteiger partial charge in [-0.3, -0.25) is 4.79 Å². The zero-order valence-electron chi connectivity index (χ0n) is 16.0. The molecule has 0 aliphatic heterocycles. The summed E-state index contributed by atoms with van der Waals surface area (Å²) in [6, 6.07) is 17.4. The molecule has 0 fully saturated rings. The summed E-state index contributed by atoms with van der Waals surface area (Å²) in [6.45, 7) is 3.84. The van der Waals surface area contributed by atoms with Crippen LogP contribution < -0.4 is 14.8 Å². The number of hydrogen-bond acceptors (Lipinski definition) is 4. The second kappa shape index (κ2) is 7.27. The maximum atomic E-state index is 12.4. The molecule has 0 bridgehead atoms. The van der Waals surface area contributed by atoms with Gasteiger partial charge in [0.1, 0.15) is 22.7 Å². The number of furan rings is 1. The van der Waals surface area contributed by atoms with Crippen molar-refractivity contribution in [2.24, 2.45) is 0 Å². The quantitative estimate of drug-likeness (QED) is 0.519. The summed E-state index contributed by atoms with van der Waals surface area (Å²) in [7, 11) is 1.58. The number of benzene rings is 3. The van der Waals surface area contributed by atoms with Crippen molar-refractivity contribution in [2.45, 2.75) is 13.8 Å². The standard InChI is InChI=1S/C23H21NO4/c1-14-8-9-15(2)20(10-14)27-13-23(25)24-18-12-21-17(11-22(18)26-3)16-6-4-5-7-19(16)28-21/h4-12H,13H2,1-3H3,(H,24,25). The number of methoxy groups -OCH3 is 1. The minimum absolute atomic E-state index is 0.0917. The Balaban J connectivity index is 1.57. The Bertz CT molecular complexity index is 1180. The van der Waals surface area contributed by atoms with Crippen LogP contribution in [0.1, 0.15) is 11.1 Å². The molecular formula is C23H21NO4. The van der Waals surface area contributed by atoms with Crippen LogP contribution in [0.3, 0.4) is 0 Å². The second-order valence-corrected chi connectivity index (χ2v) is 6.75. The summed E-state index contributed by atoms with van der Waals surface area (Å²) in [5.41, 5.74) is 4.09. The fraction of sp³-hybridized carbons (Fsp3) is 0.174. The molecule has 0 radical (unpaired) electrons.